The third-order valence-electron chi connectivity index (χ3n) is 7.25. The van der Waals surface area contributed by atoms with Crippen molar-refractivity contribution in [1.29, 1.82) is 0 Å². The standard InChI is InChI=1S/C31H35F3N2O5/c1-19(32)28-29(34)31(2,24-9-7-8-10-25(24)33)35-30(41-28)36(17-20-11-13-22(37-3)15-26(20)39-5)18-21-12-14-23(38-4)16-27(21)40-6/h7-16,19,28-29H,17-18H2,1-6H3/t19-,28-,29+,31-/m1/s1. The molecule has 0 aliphatic carbocycles. The second-order valence-corrected chi connectivity index (χ2v) is 9.90. The zero-order valence-electron chi connectivity index (χ0n) is 24.0. The number of hydrogen-bond acceptors (Lipinski definition) is 7. The molecule has 0 bridgehead atoms. The van der Waals surface area contributed by atoms with Crippen LogP contribution in [0.3, 0.4) is 0 Å². The average Bonchev–Trinajstić information content (AvgIpc) is 2.98. The van der Waals surface area contributed by atoms with E-state index in [9.17, 15) is 4.39 Å². The minimum Gasteiger partial charge on any atom is -0.497 e. The molecule has 0 fully saturated rings. The predicted octanol–water partition coefficient (Wildman–Crippen LogP) is 6.23. The van der Waals surface area contributed by atoms with Crippen LogP contribution in [-0.2, 0) is 23.4 Å². The van der Waals surface area contributed by atoms with E-state index in [2.05, 4.69) is 4.99 Å². The van der Waals surface area contributed by atoms with Crippen LogP contribution in [0.5, 0.6) is 23.0 Å². The van der Waals surface area contributed by atoms with Gasteiger partial charge in [0, 0.05) is 28.8 Å². The first-order valence-electron chi connectivity index (χ1n) is 13.1. The maximum atomic E-state index is 16.0. The van der Waals surface area contributed by atoms with Crippen LogP contribution in [0.15, 0.2) is 65.7 Å². The normalized spacial score (nSPS) is 20.9. The number of halogens is 3. The smallest absolute Gasteiger partial charge is 0.289 e. The third-order valence-corrected chi connectivity index (χ3v) is 7.25. The highest BCUT2D eigenvalue weighted by Gasteiger charge is 2.51. The number of hydrogen-bond donors (Lipinski definition) is 0. The van der Waals surface area contributed by atoms with Crippen LogP contribution in [-0.4, -0.2) is 57.8 Å². The lowest BCUT2D eigenvalue weighted by Gasteiger charge is -2.42. The molecular weight excluding hydrogens is 537 g/mol. The first-order chi connectivity index (χ1) is 19.6. The van der Waals surface area contributed by atoms with Gasteiger partial charge in [-0.1, -0.05) is 18.2 Å². The fourth-order valence-electron chi connectivity index (χ4n) is 4.91. The highest BCUT2D eigenvalue weighted by molar-refractivity contribution is 5.76. The first-order valence-corrected chi connectivity index (χ1v) is 13.1. The van der Waals surface area contributed by atoms with E-state index in [1.165, 1.54) is 46.3 Å². The van der Waals surface area contributed by atoms with Crippen molar-refractivity contribution in [1.82, 2.24) is 4.90 Å². The van der Waals surface area contributed by atoms with Gasteiger partial charge in [-0.15, -0.1) is 0 Å². The van der Waals surface area contributed by atoms with Gasteiger partial charge in [0.1, 0.15) is 40.5 Å². The van der Waals surface area contributed by atoms with Crippen LogP contribution >= 0.6 is 0 Å². The van der Waals surface area contributed by atoms with Crippen LogP contribution in [0.2, 0.25) is 0 Å². The molecule has 1 heterocycles. The van der Waals surface area contributed by atoms with E-state index in [1.54, 1.807) is 49.5 Å². The van der Waals surface area contributed by atoms with Gasteiger partial charge >= 0.3 is 0 Å². The number of rotatable bonds is 10. The van der Waals surface area contributed by atoms with Crippen molar-refractivity contribution in [2.45, 2.75) is 50.9 Å². The molecule has 0 N–H and O–H groups in total. The summed E-state index contributed by atoms with van der Waals surface area (Å²) in [6.07, 6.45) is -5.21. The number of aliphatic imine (C=N–C) groups is 1. The summed E-state index contributed by atoms with van der Waals surface area (Å²) in [6, 6.07) is 16.4. The Hall–Kier alpha value is -4.08. The van der Waals surface area contributed by atoms with Crippen molar-refractivity contribution >= 4 is 6.02 Å². The third kappa shape index (κ3) is 6.16. The number of ether oxygens (including phenoxy) is 5. The molecule has 3 aromatic rings. The zero-order chi connectivity index (χ0) is 29.7. The van der Waals surface area contributed by atoms with E-state index in [1.807, 2.05) is 12.1 Å². The number of alkyl halides is 2. The van der Waals surface area contributed by atoms with Crippen molar-refractivity contribution < 1.29 is 36.9 Å². The summed E-state index contributed by atoms with van der Waals surface area (Å²) in [5, 5.41) is 0. The van der Waals surface area contributed by atoms with Gasteiger partial charge in [0.15, 0.2) is 12.3 Å². The topological polar surface area (TPSA) is 61.8 Å². The fraction of sp³-hybridized carbons (Fsp3) is 0.387. The molecule has 220 valence electrons. The van der Waals surface area contributed by atoms with Crippen molar-refractivity contribution in [3.8, 4) is 23.0 Å². The zero-order valence-corrected chi connectivity index (χ0v) is 24.0. The van der Waals surface area contributed by atoms with Crippen LogP contribution in [0.25, 0.3) is 0 Å². The molecule has 1 aliphatic rings. The highest BCUT2D eigenvalue weighted by Crippen LogP contribution is 2.41. The van der Waals surface area contributed by atoms with Gasteiger partial charge in [-0.2, -0.15) is 0 Å². The summed E-state index contributed by atoms with van der Waals surface area (Å²) < 4.78 is 73.7. The van der Waals surface area contributed by atoms with E-state index in [0.717, 1.165) is 11.1 Å². The minimum atomic E-state index is -1.96. The van der Waals surface area contributed by atoms with Gasteiger partial charge in [0.2, 0.25) is 0 Å². The number of methoxy groups -OCH3 is 4. The molecule has 10 heteroatoms. The monoisotopic (exact) mass is 572 g/mol. The second-order valence-electron chi connectivity index (χ2n) is 9.90. The van der Waals surface area contributed by atoms with Gasteiger partial charge in [-0.25, -0.2) is 18.2 Å². The minimum absolute atomic E-state index is 0.00274. The Morgan fingerprint density at radius 1 is 0.878 bits per heavy atom. The van der Waals surface area contributed by atoms with Crippen molar-refractivity contribution in [3.05, 3.63) is 83.2 Å². The molecule has 1 aliphatic heterocycles. The Morgan fingerprint density at radius 3 is 1.88 bits per heavy atom. The molecule has 0 saturated heterocycles. The Balaban J connectivity index is 1.87. The summed E-state index contributed by atoms with van der Waals surface area (Å²) in [6.45, 7) is 3.00. The van der Waals surface area contributed by atoms with E-state index in [4.69, 9.17) is 23.7 Å². The van der Waals surface area contributed by atoms with Crippen molar-refractivity contribution in [2.75, 3.05) is 28.4 Å². The largest absolute Gasteiger partial charge is 0.497 e. The quantitative estimate of drug-likeness (QED) is 0.287. The summed E-state index contributed by atoms with van der Waals surface area (Å²) >= 11 is 0. The van der Waals surface area contributed by atoms with Crippen LogP contribution in [0, 0.1) is 5.82 Å². The number of nitrogens with zero attached hydrogens (tertiary/aromatic N) is 2. The maximum absolute atomic E-state index is 16.0. The molecule has 0 aromatic heterocycles. The van der Waals surface area contributed by atoms with Crippen LogP contribution in [0.4, 0.5) is 13.2 Å². The van der Waals surface area contributed by atoms with Gasteiger partial charge in [-0.05, 0) is 44.2 Å². The SMILES string of the molecule is COc1ccc(CN(Cc2ccc(OC)cc2OC)C2=N[C@](C)(c3ccccc3F)[C@@H](F)[C@@H]([C@@H](C)F)O2)c(OC)c1. The molecule has 3 aromatic carbocycles. The lowest BCUT2D eigenvalue weighted by atomic mass is 9.83. The molecule has 0 amide bonds. The Kier molecular flexibility index (Phi) is 9.20. The lowest BCUT2D eigenvalue weighted by molar-refractivity contribution is -0.0356. The summed E-state index contributed by atoms with van der Waals surface area (Å²) in [5.41, 5.74) is -0.308. The lowest BCUT2D eigenvalue weighted by Crippen LogP contribution is -2.54. The summed E-state index contributed by atoms with van der Waals surface area (Å²) in [5.74, 6) is 1.61. The first kappa shape index (κ1) is 29.9. The van der Waals surface area contributed by atoms with Crippen LogP contribution < -0.4 is 18.9 Å². The summed E-state index contributed by atoms with van der Waals surface area (Å²) in [4.78, 5) is 6.35. The second kappa shape index (κ2) is 12.6. The van der Waals surface area contributed by atoms with E-state index < -0.39 is 29.8 Å². The molecule has 4 rings (SSSR count). The average molecular weight is 573 g/mol. The Bertz CT molecular complexity index is 1330. The number of benzene rings is 3. The molecule has 0 saturated carbocycles. The van der Waals surface area contributed by atoms with E-state index in [-0.39, 0.29) is 24.7 Å². The molecule has 0 radical (unpaired) electrons. The maximum Gasteiger partial charge on any atom is 0.289 e. The summed E-state index contributed by atoms with van der Waals surface area (Å²) in [7, 11) is 6.17. The van der Waals surface area contributed by atoms with E-state index >= 15 is 8.78 Å². The molecule has 0 spiro atoms. The fourth-order valence-corrected chi connectivity index (χ4v) is 4.91. The molecule has 41 heavy (non-hydrogen) atoms. The highest BCUT2D eigenvalue weighted by atomic mass is 19.1. The molecule has 4 atom stereocenters. The van der Waals surface area contributed by atoms with Gasteiger partial charge in [-0.3, -0.25) is 0 Å². The van der Waals surface area contributed by atoms with Crippen molar-refractivity contribution in [3.63, 3.8) is 0 Å². The predicted molar refractivity (Wildman–Crippen MR) is 150 cm³/mol. The number of amidine groups is 1. The molecule has 0 unspecified atom stereocenters. The van der Waals surface area contributed by atoms with E-state index in [0.29, 0.717) is 23.0 Å². The Morgan fingerprint density at radius 2 is 1.41 bits per heavy atom. The van der Waals surface area contributed by atoms with Gasteiger partial charge < -0.3 is 28.6 Å². The van der Waals surface area contributed by atoms with Crippen molar-refractivity contribution in [2.24, 2.45) is 4.99 Å². The Labute approximate surface area is 238 Å². The van der Waals surface area contributed by atoms with Crippen LogP contribution in [0.1, 0.15) is 30.5 Å². The molecular formula is C31H35F3N2O5. The van der Waals surface area contributed by atoms with Gasteiger partial charge in [0.05, 0.1) is 41.5 Å². The van der Waals surface area contributed by atoms with Gasteiger partial charge in [0.25, 0.3) is 6.02 Å². The molecule has 7 nitrogen and oxygen atoms in total.